The Morgan fingerprint density at radius 1 is 0.978 bits per heavy atom. The number of para-hydroxylation sites is 2. The first kappa shape index (κ1) is 31.3. The maximum atomic E-state index is 14.0. The lowest BCUT2D eigenvalue weighted by molar-refractivity contribution is -0.139. The summed E-state index contributed by atoms with van der Waals surface area (Å²) in [7, 11) is 1.54. The molecule has 0 saturated heterocycles. The molecule has 1 unspecified atom stereocenters. The number of anilines is 1. The average molecular weight is 628 g/mol. The molecule has 10 nitrogen and oxygen atoms in total. The Labute approximate surface area is 263 Å². The van der Waals surface area contributed by atoms with E-state index in [9.17, 15) is 14.4 Å². The van der Waals surface area contributed by atoms with E-state index in [1.165, 1.54) is 23.0 Å². The van der Waals surface area contributed by atoms with Gasteiger partial charge < -0.3 is 24.3 Å². The molecule has 1 aliphatic heterocycles. The molecule has 45 heavy (non-hydrogen) atoms. The van der Waals surface area contributed by atoms with Gasteiger partial charge in [0.2, 0.25) is 0 Å². The first-order valence-electron chi connectivity index (χ1n) is 14.4. The van der Waals surface area contributed by atoms with Crippen LogP contribution in [-0.2, 0) is 14.3 Å². The van der Waals surface area contributed by atoms with E-state index in [0.29, 0.717) is 50.1 Å². The smallest absolute Gasteiger partial charge is 0.338 e. The zero-order valence-electron chi connectivity index (χ0n) is 25.4. The van der Waals surface area contributed by atoms with E-state index in [1.54, 1.807) is 68.5 Å². The number of nitrogens with zero attached hydrogens (tertiary/aromatic N) is 2. The number of esters is 1. The van der Waals surface area contributed by atoms with Gasteiger partial charge in [-0.25, -0.2) is 9.79 Å². The van der Waals surface area contributed by atoms with Crippen LogP contribution in [-0.4, -0.2) is 43.4 Å². The molecule has 1 atom stereocenters. The minimum Gasteiger partial charge on any atom is -0.493 e. The zero-order valence-corrected chi connectivity index (χ0v) is 26.2. The maximum Gasteiger partial charge on any atom is 0.338 e. The van der Waals surface area contributed by atoms with E-state index in [2.05, 4.69) is 10.3 Å². The number of hydrogen-bond donors (Lipinski definition) is 1. The van der Waals surface area contributed by atoms with Gasteiger partial charge in [-0.2, -0.15) is 0 Å². The molecule has 0 bridgehead atoms. The number of carbonyl (C=O) groups excluding carboxylic acids is 2. The van der Waals surface area contributed by atoms with Gasteiger partial charge >= 0.3 is 5.97 Å². The summed E-state index contributed by atoms with van der Waals surface area (Å²) in [6.07, 6.45) is 1.76. The molecule has 1 N–H and O–H groups in total. The second kappa shape index (κ2) is 14.1. The van der Waals surface area contributed by atoms with Crippen LogP contribution in [0.15, 0.2) is 93.9 Å². The molecule has 4 aromatic rings. The predicted octanol–water partition coefficient (Wildman–Crippen LogP) is 4.22. The molecule has 2 heterocycles. The first-order chi connectivity index (χ1) is 21.8. The zero-order chi connectivity index (χ0) is 31.9. The number of ether oxygens (including phenoxy) is 4. The summed E-state index contributed by atoms with van der Waals surface area (Å²) in [6.45, 7) is 5.68. The lowest BCUT2D eigenvalue weighted by atomic mass is 9.94. The molecule has 1 amide bonds. The molecule has 1 aromatic heterocycles. The highest BCUT2D eigenvalue weighted by atomic mass is 32.1. The fourth-order valence-electron chi connectivity index (χ4n) is 4.97. The molecule has 11 heteroatoms. The Morgan fingerprint density at radius 3 is 2.42 bits per heavy atom. The van der Waals surface area contributed by atoms with Crippen molar-refractivity contribution in [1.82, 2.24) is 4.57 Å². The number of nitrogens with one attached hydrogen (secondary N) is 1. The summed E-state index contributed by atoms with van der Waals surface area (Å²) >= 11 is 1.22. The van der Waals surface area contributed by atoms with Crippen molar-refractivity contribution in [3.63, 3.8) is 0 Å². The van der Waals surface area contributed by atoms with Gasteiger partial charge in [0.25, 0.3) is 11.5 Å². The number of methoxy groups -OCH3 is 1. The van der Waals surface area contributed by atoms with E-state index in [0.717, 1.165) is 5.56 Å². The number of hydrogen-bond acceptors (Lipinski definition) is 9. The fourth-order valence-corrected chi connectivity index (χ4v) is 6.02. The monoisotopic (exact) mass is 627 g/mol. The molecular weight excluding hydrogens is 594 g/mol. The second-order valence-corrected chi connectivity index (χ2v) is 10.9. The van der Waals surface area contributed by atoms with Gasteiger partial charge in [-0.15, -0.1) is 0 Å². The fraction of sp³-hybridized carbons (Fsp3) is 0.235. The van der Waals surface area contributed by atoms with Gasteiger partial charge in [0.15, 0.2) is 22.9 Å². The van der Waals surface area contributed by atoms with E-state index in [-0.39, 0.29) is 30.3 Å². The quantitative estimate of drug-likeness (QED) is 0.248. The third-order valence-corrected chi connectivity index (χ3v) is 7.92. The number of carbonyl (C=O) groups is 2. The number of thiazole rings is 1. The number of rotatable bonds is 11. The summed E-state index contributed by atoms with van der Waals surface area (Å²) in [5.41, 5.74) is 2.41. The minimum absolute atomic E-state index is 0.150. The molecule has 0 saturated carbocycles. The number of benzene rings is 3. The summed E-state index contributed by atoms with van der Waals surface area (Å²) in [5.74, 6) is 0.590. The number of allylic oxidation sites excluding steroid dienone is 1. The topological polar surface area (TPSA) is 117 Å². The Bertz CT molecular complexity index is 1910. The molecule has 0 spiro atoms. The van der Waals surface area contributed by atoms with Crippen molar-refractivity contribution in [3.8, 4) is 17.2 Å². The SMILES string of the molecule is CCOC(=O)C1=C(C)N=c2s/c(=C/c3ccc(OCC(=O)Nc4ccccc4)cc3)c(=O)n2C1c1cccc(OC)c1OCC. The summed E-state index contributed by atoms with van der Waals surface area (Å²) in [6, 6.07) is 20.7. The Morgan fingerprint density at radius 2 is 1.73 bits per heavy atom. The third kappa shape index (κ3) is 6.83. The molecular formula is C34H33N3O7S. The molecule has 0 fully saturated rings. The van der Waals surface area contributed by atoms with Crippen LogP contribution in [0.4, 0.5) is 5.69 Å². The standard InChI is InChI=1S/C34H33N3O7S/c1-5-42-31-25(13-10-14-26(31)41-4)30-29(33(40)43-6-2)21(3)35-34-37(30)32(39)27(45-34)19-22-15-17-24(18-16-22)44-20-28(38)36-23-11-8-7-9-12-23/h7-19,30H,5-6,20H2,1-4H3,(H,36,38)/b27-19+. The highest BCUT2D eigenvalue weighted by Gasteiger charge is 2.36. The predicted molar refractivity (Wildman–Crippen MR) is 172 cm³/mol. The van der Waals surface area contributed by atoms with Gasteiger partial charge in [0, 0.05) is 11.3 Å². The van der Waals surface area contributed by atoms with E-state index >= 15 is 0 Å². The first-order valence-corrected chi connectivity index (χ1v) is 15.2. The Balaban J connectivity index is 1.48. The van der Waals surface area contributed by atoms with Crippen molar-refractivity contribution < 1.29 is 28.5 Å². The van der Waals surface area contributed by atoms with E-state index in [4.69, 9.17) is 18.9 Å². The van der Waals surface area contributed by atoms with Crippen molar-refractivity contribution in [2.45, 2.75) is 26.8 Å². The van der Waals surface area contributed by atoms with Gasteiger partial charge in [0.1, 0.15) is 11.8 Å². The summed E-state index contributed by atoms with van der Waals surface area (Å²) in [5, 5.41) is 2.78. The van der Waals surface area contributed by atoms with Crippen LogP contribution >= 0.6 is 11.3 Å². The van der Waals surface area contributed by atoms with Gasteiger partial charge in [-0.1, -0.05) is 53.8 Å². The van der Waals surface area contributed by atoms with Crippen molar-refractivity contribution in [3.05, 3.63) is 115 Å². The highest BCUT2D eigenvalue weighted by Crippen LogP contribution is 2.40. The molecule has 0 aliphatic carbocycles. The molecule has 0 radical (unpaired) electrons. The number of amides is 1. The Kier molecular flexibility index (Phi) is 9.79. The normalized spacial score (nSPS) is 14.3. The largest absolute Gasteiger partial charge is 0.493 e. The second-order valence-electron chi connectivity index (χ2n) is 9.89. The average Bonchev–Trinajstić information content (AvgIpc) is 3.34. The molecule has 1 aliphatic rings. The van der Waals surface area contributed by atoms with E-state index < -0.39 is 12.0 Å². The van der Waals surface area contributed by atoms with Crippen molar-refractivity contribution in [2.24, 2.45) is 4.99 Å². The van der Waals surface area contributed by atoms with Crippen LogP contribution < -0.4 is 34.4 Å². The van der Waals surface area contributed by atoms with E-state index in [1.807, 2.05) is 31.2 Å². The lowest BCUT2D eigenvalue weighted by Crippen LogP contribution is -2.40. The highest BCUT2D eigenvalue weighted by molar-refractivity contribution is 7.07. The van der Waals surface area contributed by atoms with Crippen LogP contribution in [0, 0.1) is 0 Å². The van der Waals surface area contributed by atoms with Crippen molar-refractivity contribution in [2.75, 3.05) is 32.2 Å². The number of fused-ring (bicyclic) bond motifs is 1. The van der Waals surface area contributed by atoms with Gasteiger partial charge in [0.05, 0.1) is 36.1 Å². The molecule has 3 aromatic carbocycles. The van der Waals surface area contributed by atoms with Crippen molar-refractivity contribution in [1.29, 1.82) is 0 Å². The van der Waals surface area contributed by atoms with Crippen LogP contribution in [0.2, 0.25) is 0 Å². The van der Waals surface area contributed by atoms with Crippen LogP contribution in [0.3, 0.4) is 0 Å². The van der Waals surface area contributed by atoms with Gasteiger partial charge in [-0.3, -0.25) is 14.2 Å². The molecule has 5 rings (SSSR count). The van der Waals surface area contributed by atoms with Crippen LogP contribution in [0.5, 0.6) is 17.2 Å². The summed E-state index contributed by atoms with van der Waals surface area (Å²) < 4.78 is 24.5. The lowest BCUT2D eigenvalue weighted by Gasteiger charge is -2.26. The summed E-state index contributed by atoms with van der Waals surface area (Å²) in [4.78, 5) is 44.6. The third-order valence-electron chi connectivity index (χ3n) is 6.93. The van der Waals surface area contributed by atoms with Crippen LogP contribution in [0.25, 0.3) is 6.08 Å². The Hall–Kier alpha value is -5.16. The number of aromatic nitrogens is 1. The van der Waals surface area contributed by atoms with Crippen molar-refractivity contribution >= 4 is 35.0 Å². The minimum atomic E-state index is -0.850. The maximum absolute atomic E-state index is 14.0. The van der Waals surface area contributed by atoms with Crippen LogP contribution in [0.1, 0.15) is 37.9 Å². The molecule has 232 valence electrons. The van der Waals surface area contributed by atoms with Gasteiger partial charge in [-0.05, 0) is 62.7 Å².